The van der Waals surface area contributed by atoms with Gasteiger partial charge in [-0.3, -0.25) is 9.36 Å². The second kappa shape index (κ2) is 12.7. The van der Waals surface area contributed by atoms with Crippen LogP contribution in [-0.4, -0.2) is 33.8 Å². The Balaban J connectivity index is 1.68. The third kappa shape index (κ3) is 5.98. The largest absolute Gasteiger partial charge is 0.495 e. The normalized spacial score (nSPS) is 11.7. The third-order valence-electron chi connectivity index (χ3n) is 6.99. The van der Waals surface area contributed by atoms with E-state index in [-0.39, 0.29) is 11.6 Å². The first-order valence-corrected chi connectivity index (χ1v) is 14.7. The van der Waals surface area contributed by atoms with Crippen LogP contribution in [0.15, 0.2) is 113 Å². The smallest absolute Gasteiger partial charge is 0.322 e. The average molecular weight is 565 g/mol. The van der Waals surface area contributed by atoms with Crippen molar-refractivity contribution in [1.82, 2.24) is 14.5 Å². The summed E-state index contributed by atoms with van der Waals surface area (Å²) < 4.78 is 7.25. The molecule has 0 bridgehead atoms. The Labute approximate surface area is 243 Å². The number of nitrogens with zero attached hydrogens (tertiary/aromatic N) is 3. The molecule has 2 amide bonds. The van der Waals surface area contributed by atoms with Gasteiger partial charge in [-0.1, -0.05) is 61.5 Å². The van der Waals surface area contributed by atoms with Crippen molar-refractivity contribution >= 4 is 34.4 Å². The zero-order valence-corrected chi connectivity index (χ0v) is 24.1. The summed E-state index contributed by atoms with van der Waals surface area (Å²) in [6.07, 6.45) is 2.53. The lowest BCUT2D eigenvalue weighted by Crippen LogP contribution is -2.40. The van der Waals surface area contributed by atoms with Gasteiger partial charge in [-0.15, -0.1) is 11.8 Å². The minimum atomic E-state index is -0.539. The van der Waals surface area contributed by atoms with Gasteiger partial charge in [0, 0.05) is 17.1 Å². The van der Waals surface area contributed by atoms with Crippen LogP contribution in [0.3, 0.4) is 0 Å². The molecule has 7 nitrogen and oxygen atoms in total. The third-order valence-corrected chi connectivity index (χ3v) is 7.73. The number of amides is 2. The average Bonchev–Trinajstić information content (AvgIpc) is 3.02. The van der Waals surface area contributed by atoms with Crippen molar-refractivity contribution in [1.29, 1.82) is 0 Å². The van der Waals surface area contributed by atoms with Crippen LogP contribution in [0.2, 0.25) is 0 Å². The van der Waals surface area contributed by atoms with Gasteiger partial charge in [0.05, 0.1) is 29.7 Å². The second-order valence-electron chi connectivity index (χ2n) is 9.50. The molecule has 5 aromatic rings. The molecule has 1 unspecified atom stereocenters. The monoisotopic (exact) mass is 564 g/mol. The number of nitrogens with one attached hydrogen (secondary N) is 1. The minimum absolute atomic E-state index is 0.221. The molecule has 0 fully saturated rings. The summed E-state index contributed by atoms with van der Waals surface area (Å²) in [5.41, 5.74) is 2.57. The molecule has 0 saturated heterocycles. The van der Waals surface area contributed by atoms with E-state index < -0.39 is 6.04 Å². The van der Waals surface area contributed by atoms with Crippen molar-refractivity contribution in [2.75, 3.05) is 18.7 Å². The molecule has 208 valence electrons. The van der Waals surface area contributed by atoms with E-state index in [1.165, 1.54) is 0 Å². The number of thioether (sulfide) groups is 1. The molecule has 0 spiro atoms. The molecule has 5 rings (SSSR count). The van der Waals surface area contributed by atoms with Crippen LogP contribution >= 0.6 is 11.8 Å². The quantitative estimate of drug-likeness (QED) is 0.190. The van der Waals surface area contributed by atoms with Gasteiger partial charge in [0.1, 0.15) is 11.6 Å². The Morgan fingerprint density at radius 2 is 1.63 bits per heavy atom. The van der Waals surface area contributed by atoms with Crippen LogP contribution in [0.5, 0.6) is 5.75 Å². The number of para-hydroxylation sites is 3. The number of hydrogen-bond acceptors (Lipinski definition) is 5. The lowest BCUT2D eigenvalue weighted by molar-refractivity contribution is 0.177. The maximum absolute atomic E-state index is 14.1. The molecule has 0 saturated carbocycles. The Bertz CT molecular complexity index is 1700. The van der Waals surface area contributed by atoms with Gasteiger partial charge >= 0.3 is 6.03 Å². The van der Waals surface area contributed by atoms with E-state index in [1.54, 1.807) is 34.4 Å². The zero-order chi connectivity index (χ0) is 28.8. The van der Waals surface area contributed by atoms with Crippen LogP contribution in [0.4, 0.5) is 10.5 Å². The first-order valence-electron chi connectivity index (χ1n) is 13.4. The van der Waals surface area contributed by atoms with E-state index in [2.05, 4.69) is 5.32 Å². The fraction of sp³-hybridized carbons (Fsp3) is 0.182. The molecule has 41 heavy (non-hydrogen) atoms. The first kappa shape index (κ1) is 28.0. The van der Waals surface area contributed by atoms with E-state index in [0.29, 0.717) is 46.8 Å². The number of benzene rings is 4. The molecular formula is C33H32N4O3S. The number of aromatic nitrogens is 2. The minimum Gasteiger partial charge on any atom is -0.495 e. The van der Waals surface area contributed by atoms with Crippen LogP contribution in [-0.2, 0) is 6.54 Å². The summed E-state index contributed by atoms with van der Waals surface area (Å²) in [5, 5.41) is 3.56. The molecule has 4 aromatic carbocycles. The molecule has 1 atom stereocenters. The molecule has 0 aliphatic heterocycles. The number of urea groups is 1. The van der Waals surface area contributed by atoms with E-state index in [0.717, 1.165) is 10.5 Å². The van der Waals surface area contributed by atoms with Gasteiger partial charge in [-0.2, -0.15) is 0 Å². The Morgan fingerprint density at radius 1 is 0.951 bits per heavy atom. The van der Waals surface area contributed by atoms with Crippen LogP contribution in [0.1, 0.15) is 30.8 Å². The Kier molecular flexibility index (Phi) is 8.70. The number of carbonyl (C=O) groups is 1. The summed E-state index contributed by atoms with van der Waals surface area (Å²) in [6, 6.07) is 31.4. The fourth-order valence-electron chi connectivity index (χ4n) is 4.94. The molecule has 0 aliphatic rings. The topological polar surface area (TPSA) is 76.5 Å². The molecule has 8 heteroatoms. The van der Waals surface area contributed by atoms with Crippen molar-refractivity contribution in [3.05, 3.63) is 125 Å². The van der Waals surface area contributed by atoms with E-state index in [1.807, 2.05) is 110 Å². The van der Waals surface area contributed by atoms with Crippen molar-refractivity contribution < 1.29 is 9.53 Å². The highest BCUT2D eigenvalue weighted by Gasteiger charge is 2.30. The number of anilines is 1. The number of methoxy groups -OCH3 is 1. The van der Waals surface area contributed by atoms with Crippen molar-refractivity contribution in [2.24, 2.45) is 0 Å². The van der Waals surface area contributed by atoms with E-state index in [9.17, 15) is 9.59 Å². The summed E-state index contributed by atoms with van der Waals surface area (Å²) in [5.74, 6) is 1.00. The lowest BCUT2D eigenvalue weighted by Gasteiger charge is -2.32. The molecule has 1 aromatic heterocycles. The maximum Gasteiger partial charge on any atom is 0.322 e. The Morgan fingerprint density at radius 3 is 2.34 bits per heavy atom. The maximum atomic E-state index is 14.1. The van der Waals surface area contributed by atoms with Crippen molar-refractivity contribution in [2.45, 2.75) is 30.8 Å². The molecule has 0 radical (unpaired) electrons. The standard InChI is InChI=1S/C33H32N4O3S/c1-4-28(36(22-23-12-6-5-7-13-23)33(39)34-24-18-20-25(41-3)21-19-24)31-35-27-15-9-8-14-26(27)32(38)37(31)29-16-10-11-17-30(29)40-2/h5-21,28H,4,22H2,1-3H3,(H,34,39). The lowest BCUT2D eigenvalue weighted by atomic mass is 10.1. The van der Waals surface area contributed by atoms with Gasteiger partial charge in [-0.25, -0.2) is 9.78 Å². The predicted octanol–water partition coefficient (Wildman–Crippen LogP) is 7.30. The van der Waals surface area contributed by atoms with Crippen molar-refractivity contribution in [3.63, 3.8) is 0 Å². The van der Waals surface area contributed by atoms with Gasteiger partial charge in [-0.05, 0) is 66.8 Å². The molecule has 0 aliphatic carbocycles. The number of carbonyl (C=O) groups excluding carboxylic acids is 1. The van der Waals surface area contributed by atoms with E-state index >= 15 is 0 Å². The fourth-order valence-corrected chi connectivity index (χ4v) is 5.34. The Hall–Kier alpha value is -4.56. The van der Waals surface area contributed by atoms with Crippen LogP contribution in [0, 0.1) is 0 Å². The van der Waals surface area contributed by atoms with Crippen molar-refractivity contribution in [3.8, 4) is 11.4 Å². The van der Waals surface area contributed by atoms with Gasteiger partial charge in [0.2, 0.25) is 0 Å². The highest BCUT2D eigenvalue weighted by molar-refractivity contribution is 7.98. The summed E-state index contributed by atoms with van der Waals surface area (Å²) in [4.78, 5) is 36.0. The van der Waals surface area contributed by atoms with Crippen LogP contribution in [0.25, 0.3) is 16.6 Å². The molecule has 1 N–H and O–H groups in total. The van der Waals surface area contributed by atoms with E-state index in [4.69, 9.17) is 9.72 Å². The van der Waals surface area contributed by atoms with Gasteiger partial charge < -0.3 is 15.0 Å². The van der Waals surface area contributed by atoms with Crippen LogP contribution < -0.4 is 15.6 Å². The second-order valence-corrected chi connectivity index (χ2v) is 10.4. The highest BCUT2D eigenvalue weighted by atomic mass is 32.2. The summed E-state index contributed by atoms with van der Waals surface area (Å²) in [6.45, 7) is 2.32. The van der Waals surface area contributed by atoms with Gasteiger partial charge in [0.15, 0.2) is 0 Å². The number of fused-ring (bicyclic) bond motifs is 1. The first-order chi connectivity index (χ1) is 20.0. The zero-order valence-electron chi connectivity index (χ0n) is 23.3. The molecular weight excluding hydrogens is 532 g/mol. The number of ether oxygens (including phenoxy) is 1. The SMILES string of the molecule is CCC(c1nc2ccccc2c(=O)n1-c1ccccc1OC)N(Cc1ccccc1)C(=O)Nc1ccc(SC)cc1. The number of hydrogen-bond donors (Lipinski definition) is 1. The highest BCUT2D eigenvalue weighted by Crippen LogP contribution is 2.31. The summed E-state index contributed by atoms with van der Waals surface area (Å²) in [7, 11) is 1.58. The summed E-state index contributed by atoms with van der Waals surface area (Å²) >= 11 is 1.64. The van der Waals surface area contributed by atoms with Gasteiger partial charge in [0.25, 0.3) is 5.56 Å². The predicted molar refractivity (Wildman–Crippen MR) is 166 cm³/mol. The number of rotatable bonds is 9. The molecule has 1 heterocycles.